The van der Waals surface area contributed by atoms with Gasteiger partial charge in [0.1, 0.15) is 17.5 Å². The van der Waals surface area contributed by atoms with Crippen molar-refractivity contribution < 1.29 is 22.8 Å². The zero-order valence-electron chi connectivity index (χ0n) is 15.8. The fourth-order valence-corrected chi connectivity index (χ4v) is 3.56. The molecule has 0 saturated heterocycles. The quantitative estimate of drug-likeness (QED) is 0.521. The Morgan fingerprint density at radius 3 is 2.60 bits per heavy atom. The molecule has 3 rings (SSSR count). The van der Waals surface area contributed by atoms with Crippen molar-refractivity contribution in [1.29, 1.82) is 0 Å². The summed E-state index contributed by atoms with van der Waals surface area (Å²) >= 11 is 1.30. The highest BCUT2D eigenvalue weighted by Crippen LogP contribution is 2.21. The van der Waals surface area contributed by atoms with Crippen LogP contribution in [0.4, 0.5) is 18.3 Å². The predicted octanol–water partition coefficient (Wildman–Crippen LogP) is 4.30. The van der Waals surface area contributed by atoms with E-state index in [2.05, 4.69) is 15.6 Å². The van der Waals surface area contributed by atoms with Gasteiger partial charge in [-0.25, -0.2) is 18.2 Å². The number of rotatable bonds is 8. The maximum absolute atomic E-state index is 13.6. The van der Waals surface area contributed by atoms with E-state index in [9.17, 15) is 22.8 Å². The molecule has 3 aromatic rings. The largest absolute Gasteiger partial charge is 0.352 e. The number of hydrogen-bond acceptors (Lipinski definition) is 4. The zero-order valence-corrected chi connectivity index (χ0v) is 16.6. The zero-order chi connectivity index (χ0) is 21.5. The molecule has 156 valence electrons. The Labute approximate surface area is 175 Å². The van der Waals surface area contributed by atoms with Gasteiger partial charge in [0.2, 0.25) is 5.91 Å². The van der Waals surface area contributed by atoms with Crippen molar-refractivity contribution in [3.63, 3.8) is 0 Å². The van der Waals surface area contributed by atoms with Crippen LogP contribution >= 0.6 is 11.3 Å². The lowest BCUT2D eigenvalue weighted by molar-refractivity contribution is -0.116. The molecule has 0 saturated carbocycles. The van der Waals surface area contributed by atoms with E-state index in [-0.39, 0.29) is 30.3 Å². The summed E-state index contributed by atoms with van der Waals surface area (Å²) in [5.41, 5.74) is 0.555. The molecule has 0 unspecified atom stereocenters. The Balaban J connectivity index is 1.41. The van der Waals surface area contributed by atoms with Crippen molar-refractivity contribution in [3.8, 4) is 0 Å². The minimum absolute atomic E-state index is 0.130. The van der Waals surface area contributed by atoms with Crippen LogP contribution in [0.15, 0.2) is 48.7 Å². The number of thiazole rings is 1. The number of nitrogens with one attached hydrogen (secondary N) is 2. The van der Waals surface area contributed by atoms with Crippen molar-refractivity contribution in [1.82, 2.24) is 10.3 Å². The van der Waals surface area contributed by atoms with Crippen LogP contribution in [0, 0.1) is 17.5 Å². The van der Waals surface area contributed by atoms with Gasteiger partial charge in [0.25, 0.3) is 5.91 Å². The third-order valence-corrected chi connectivity index (χ3v) is 5.02. The van der Waals surface area contributed by atoms with Crippen LogP contribution in [-0.2, 0) is 11.2 Å². The van der Waals surface area contributed by atoms with E-state index in [4.69, 9.17) is 0 Å². The number of amides is 2. The number of hydrogen-bond donors (Lipinski definition) is 2. The third-order valence-electron chi connectivity index (χ3n) is 4.11. The lowest BCUT2D eigenvalue weighted by Crippen LogP contribution is -2.26. The molecule has 2 N–H and O–H groups in total. The molecular weight excluding hydrogens is 415 g/mol. The SMILES string of the molecule is O=C(CCCNC(=O)c1ccc(F)cc1F)Nc1ncc(Cc2cccc(F)c2)s1. The minimum Gasteiger partial charge on any atom is -0.352 e. The molecule has 1 aromatic heterocycles. The van der Waals surface area contributed by atoms with Crippen LogP contribution < -0.4 is 10.6 Å². The van der Waals surface area contributed by atoms with Crippen molar-refractivity contribution >= 4 is 28.3 Å². The first-order valence-electron chi connectivity index (χ1n) is 9.13. The lowest BCUT2D eigenvalue weighted by atomic mass is 10.1. The Hall–Kier alpha value is -3.20. The van der Waals surface area contributed by atoms with E-state index in [1.807, 2.05) is 6.07 Å². The molecule has 2 aromatic carbocycles. The van der Waals surface area contributed by atoms with Crippen molar-refractivity contribution in [2.24, 2.45) is 0 Å². The van der Waals surface area contributed by atoms with E-state index in [0.717, 1.165) is 22.6 Å². The van der Waals surface area contributed by atoms with Gasteiger partial charge in [-0.05, 0) is 36.2 Å². The van der Waals surface area contributed by atoms with Crippen LogP contribution in [0.25, 0.3) is 0 Å². The van der Waals surface area contributed by atoms with Crippen LogP contribution in [0.2, 0.25) is 0 Å². The van der Waals surface area contributed by atoms with Gasteiger partial charge in [0.05, 0.1) is 5.56 Å². The molecule has 0 aliphatic carbocycles. The number of carbonyl (C=O) groups excluding carboxylic acids is 2. The van der Waals surface area contributed by atoms with E-state index in [0.29, 0.717) is 24.0 Å². The van der Waals surface area contributed by atoms with E-state index >= 15 is 0 Å². The summed E-state index contributed by atoms with van der Waals surface area (Å²) in [6.07, 6.45) is 2.60. The Kier molecular flexibility index (Phi) is 7.18. The summed E-state index contributed by atoms with van der Waals surface area (Å²) in [6.45, 7) is 0.158. The van der Waals surface area contributed by atoms with E-state index < -0.39 is 17.5 Å². The third kappa shape index (κ3) is 6.15. The molecule has 0 bridgehead atoms. The first kappa shape index (κ1) is 21.5. The number of benzene rings is 2. The highest BCUT2D eigenvalue weighted by atomic mass is 32.1. The highest BCUT2D eigenvalue weighted by Gasteiger charge is 2.12. The molecule has 0 atom stereocenters. The van der Waals surface area contributed by atoms with Crippen LogP contribution in [-0.4, -0.2) is 23.3 Å². The smallest absolute Gasteiger partial charge is 0.254 e. The first-order valence-corrected chi connectivity index (χ1v) is 9.94. The van der Waals surface area contributed by atoms with Crippen LogP contribution in [0.5, 0.6) is 0 Å². The molecule has 1 heterocycles. The minimum atomic E-state index is -0.942. The first-order chi connectivity index (χ1) is 14.4. The van der Waals surface area contributed by atoms with Gasteiger partial charge in [0.15, 0.2) is 5.13 Å². The lowest BCUT2D eigenvalue weighted by Gasteiger charge is -2.06. The molecule has 2 amide bonds. The molecular formula is C21H18F3N3O2S. The van der Waals surface area contributed by atoms with E-state index in [1.165, 1.54) is 23.5 Å². The number of aromatic nitrogens is 1. The summed E-state index contributed by atoms with van der Waals surface area (Å²) in [7, 11) is 0. The number of carbonyl (C=O) groups is 2. The Bertz CT molecular complexity index is 1060. The molecule has 0 aliphatic heterocycles. The average molecular weight is 433 g/mol. The second-order valence-corrected chi connectivity index (χ2v) is 7.59. The Morgan fingerprint density at radius 2 is 1.83 bits per heavy atom. The van der Waals surface area contributed by atoms with Gasteiger partial charge in [-0.2, -0.15) is 0 Å². The van der Waals surface area contributed by atoms with E-state index in [1.54, 1.807) is 12.3 Å². The van der Waals surface area contributed by atoms with Crippen molar-refractivity contribution in [2.75, 3.05) is 11.9 Å². The molecule has 0 aliphatic rings. The van der Waals surface area contributed by atoms with Crippen LogP contribution in [0.1, 0.15) is 33.6 Å². The molecule has 0 fully saturated rings. The number of anilines is 1. The van der Waals surface area contributed by atoms with Gasteiger partial charge in [-0.15, -0.1) is 11.3 Å². The van der Waals surface area contributed by atoms with Crippen molar-refractivity contribution in [2.45, 2.75) is 19.3 Å². The average Bonchev–Trinajstić information content (AvgIpc) is 3.11. The highest BCUT2D eigenvalue weighted by molar-refractivity contribution is 7.15. The number of halogens is 3. The normalized spacial score (nSPS) is 10.6. The Morgan fingerprint density at radius 1 is 1.03 bits per heavy atom. The molecule has 0 spiro atoms. The summed E-state index contributed by atoms with van der Waals surface area (Å²) in [4.78, 5) is 28.9. The fraction of sp³-hybridized carbons (Fsp3) is 0.190. The number of nitrogens with zero attached hydrogens (tertiary/aromatic N) is 1. The monoisotopic (exact) mass is 433 g/mol. The van der Waals surface area contributed by atoms with Crippen molar-refractivity contribution in [3.05, 3.63) is 82.1 Å². The second kappa shape index (κ2) is 10.0. The molecule has 5 nitrogen and oxygen atoms in total. The van der Waals surface area contributed by atoms with Gasteiger partial charge in [0, 0.05) is 36.5 Å². The maximum Gasteiger partial charge on any atom is 0.254 e. The topological polar surface area (TPSA) is 71.1 Å². The summed E-state index contributed by atoms with van der Waals surface area (Å²) < 4.78 is 39.7. The van der Waals surface area contributed by atoms with Gasteiger partial charge >= 0.3 is 0 Å². The van der Waals surface area contributed by atoms with Gasteiger partial charge in [-0.1, -0.05) is 12.1 Å². The summed E-state index contributed by atoms with van der Waals surface area (Å²) in [5.74, 6) is -2.96. The molecule has 9 heteroatoms. The summed E-state index contributed by atoms with van der Waals surface area (Å²) in [6, 6.07) is 8.98. The second-order valence-electron chi connectivity index (χ2n) is 6.47. The van der Waals surface area contributed by atoms with Crippen LogP contribution in [0.3, 0.4) is 0 Å². The molecule has 0 radical (unpaired) electrons. The predicted molar refractivity (Wildman–Crippen MR) is 108 cm³/mol. The summed E-state index contributed by atoms with van der Waals surface area (Å²) in [5, 5.41) is 5.60. The molecule has 30 heavy (non-hydrogen) atoms. The van der Waals surface area contributed by atoms with Gasteiger partial charge < -0.3 is 10.6 Å². The maximum atomic E-state index is 13.6. The standard InChI is InChI=1S/C21H18F3N3O2S/c22-14-4-1-3-13(9-14)10-16-12-26-21(30-16)27-19(28)5-2-8-25-20(29)17-7-6-15(23)11-18(17)24/h1,3-4,6-7,9,11-12H,2,5,8,10H2,(H,25,29)(H,26,27,28). The fourth-order valence-electron chi connectivity index (χ4n) is 2.70. The van der Waals surface area contributed by atoms with Gasteiger partial charge in [-0.3, -0.25) is 9.59 Å².